The van der Waals surface area contributed by atoms with E-state index in [9.17, 15) is 48.2 Å². The first-order valence-corrected chi connectivity index (χ1v) is 46.2. The van der Waals surface area contributed by atoms with Crippen LogP contribution in [0.2, 0.25) is 0 Å². The van der Waals surface area contributed by atoms with E-state index in [1.165, 1.54) is 137 Å². The average Bonchev–Trinajstić information content (AvgIpc) is 0.778. The molecule has 0 radical (unpaired) electrons. The molecule has 111 heavy (non-hydrogen) atoms. The molecule has 23 nitrogen and oxygen atoms in total. The molecule has 1 heterocycles. The van der Waals surface area contributed by atoms with Crippen LogP contribution in [0.4, 0.5) is 14.4 Å². The highest BCUT2D eigenvalue weighted by atomic mass is 35.6. The van der Waals surface area contributed by atoms with Gasteiger partial charge in [-0.1, -0.05) is 363 Å². The summed E-state index contributed by atoms with van der Waals surface area (Å²) in [5, 5.41) is 15.5. The number of carbonyl (C=O) groups is 6. The van der Waals surface area contributed by atoms with Crippen LogP contribution < -0.4 is 10.6 Å². The monoisotopic (exact) mass is 1780 g/mol. The van der Waals surface area contributed by atoms with Gasteiger partial charge in [-0.25, -0.2) is 18.9 Å². The number of alkyl carbamates (subject to hydrolysis) is 1. The molecule has 2 amide bonds. The normalized spacial score (nSPS) is 17.3. The number of phosphoric ester groups is 1. The molecule has 0 aromatic carbocycles. The number of aliphatic hydroxyl groups is 1. The van der Waals surface area contributed by atoms with Crippen LogP contribution in [0.5, 0.6) is 0 Å². The van der Waals surface area contributed by atoms with Crippen molar-refractivity contribution in [3.05, 3.63) is 0 Å². The number of hydrogen-bond acceptors (Lipinski definition) is 19. The lowest BCUT2D eigenvalue weighted by Gasteiger charge is -2.45. The van der Waals surface area contributed by atoms with Crippen molar-refractivity contribution in [2.24, 2.45) is 0 Å². The molecule has 1 aliphatic heterocycles. The molecule has 5 N–H and O–H groups in total. The van der Waals surface area contributed by atoms with Crippen LogP contribution in [0.3, 0.4) is 0 Å². The Hall–Kier alpha value is -1.22. The third-order valence-corrected chi connectivity index (χ3v) is 22.8. The van der Waals surface area contributed by atoms with Crippen LogP contribution in [0.25, 0.3) is 0 Å². The lowest BCUT2D eigenvalue weighted by atomic mass is 9.96. The number of nitrogens with one attached hydrogen (secondary N) is 2. The maximum absolute atomic E-state index is 14.4. The van der Waals surface area contributed by atoms with Gasteiger partial charge in [-0.2, -0.15) is 0 Å². The van der Waals surface area contributed by atoms with Crippen LogP contribution in [0.15, 0.2) is 0 Å². The van der Waals surface area contributed by atoms with Gasteiger partial charge in [-0.15, -0.1) is 0 Å². The van der Waals surface area contributed by atoms with Crippen molar-refractivity contribution < 1.29 is 100 Å². The summed E-state index contributed by atoms with van der Waals surface area (Å²) < 4.78 is 68.7. The zero-order chi connectivity index (χ0) is 83.0. The van der Waals surface area contributed by atoms with Gasteiger partial charge >= 0.3 is 38.2 Å². The SMILES string of the molecule is CCCCCCCCCCCCCC(=O)O[C@H](CCCCCCCCCCC)CC(=O)N[C@H](COC(=O)OC(C)(C)C(Cl)(Cl)Cl)CO[C@@H]1O[C@H](COC(=O)OC(C)(C)C(Cl)(Cl)Cl)[C@@H](OP(=O)(O)O)[C@H](OC(=O)CCCCCCCCCCCCCO[C@@H](O)CCCCCCCCCCCCC)[C@H]1NC(=O)OCC(Cl)(Cl)Cl. The molecule has 1 fully saturated rings. The first kappa shape index (κ1) is 108. The van der Waals surface area contributed by atoms with Gasteiger partial charge in [-0.3, -0.25) is 18.9 Å². The van der Waals surface area contributed by atoms with Crippen LogP contribution in [0.1, 0.15) is 350 Å². The van der Waals surface area contributed by atoms with Gasteiger partial charge in [0.05, 0.1) is 19.1 Å². The Labute approximate surface area is 709 Å². The Kier molecular flexibility index (Phi) is 61.0. The van der Waals surface area contributed by atoms with Crippen molar-refractivity contribution in [3.63, 3.8) is 0 Å². The lowest BCUT2D eigenvalue weighted by Crippen LogP contribution is -2.66. The highest BCUT2D eigenvalue weighted by Crippen LogP contribution is 2.44. The molecule has 0 spiro atoms. The van der Waals surface area contributed by atoms with E-state index in [0.717, 1.165) is 135 Å². The topological polar surface area (TPSA) is 306 Å². The zero-order valence-corrected chi connectivity index (χ0v) is 75.1. The standard InChI is InChI=1S/C78H138Cl9N2O21P/c1-8-11-14-17-20-23-26-31-36-41-46-51-64(91)100-54-49-44-39-34-29-25-28-33-38-43-48-53-66(93)107-69-67(89-71(94)104-59-76(79,80)81)70(106-62(68(69)110-111(97,98)99)58-103-73(96)109-75(6,7)78(85,86)87)101-56-60(57-102-72(95)108-74(4,5)77(82,83)84)88-63(90)55-61(50-45-40-35-30-22-19-16-13-10-3)105-65(92)52-47-42-37-32-27-24-21-18-15-12-9-2/h60-62,64,67-70,91H,8-59H2,1-7H3,(H,88,90)(H,89,94)(H2,97,98,99)/t60-,61+,62+,64+,67+,68+,69+,70+/m0/s1. The molecular formula is C78H138Cl9N2O21P. The van der Waals surface area contributed by atoms with Crippen molar-refractivity contribution >= 4 is 148 Å². The van der Waals surface area contributed by atoms with Crippen molar-refractivity contribution in [3.8, 4) is 0 Å². The van der Waals surface area contributed by atoms with Gasteiger partial charge in [0.2, 0.25) is 17.3 Å². The fourth-order valence-corrected chi connectivity index (χ4v) is 13.3. The number of hydrogen-bond donors (Lipinski definition) is 5. The Bertz CT molecular complexity index is 2500. The Morgan fingerprint density at radius 3 is 1.31 bits per heavy atom. The summed E-state index contributed by atoms with van der Waals surface area (Å²) in [5.74, 6) is -2.14. The molecule has 0 aromatic rings. The number of unbranched alkanes of at least 4 members (excludes halogenated alkanes) is 38. The van der Waals surface area contributed by atoms with Gasteiger partial charge < -0.3 is 72.9 Å². The quantitative estimate of drug-likeness (QED) is 0.00943. The highest BCUT2D eigenvalue weighted by molar-refractivity contribution is 7.46. The minimum Gasteiger partial charge on any atom is -0.462 e. The minimum atomic E-state index is -5.69. The fraction of sp³-hybridized carbons (Fsp3) is 0.923. The fourth-order valence-electron chi connectivity index (χ4n) is 12.4. The van der Waals surface area contributed by atoms with Gasteiger partial charge in [-0.05, 0) is 72.6 Å². The van der Waals surface area contributed by atoms with Gasteiger partial charge in [0, 0.05) is 19.4 Å². The molecular weight excluding hydrogens is 1650 g/mol. The van der Waals surface area contributed by atoms with Gasteiger partial charge in [0.25, 0.3) is 0 Å². The second-order valence-corrected chi connectivity index (χ2v) is 38.6. The zero-order valence-electron chi connectivity index (χ0n) is 67.4. The summed E-state index contributed by atoms with van der Waals surface area (Å²) in [6, 6.07) is -3.35. The number of esters is 2. The second-order valence-electron chi connectivity index (χ2n) is 30.4. The number of halogens is 9. The summed E-state index contributed by atoms with van der Waals surface area (Å²) >= 11 is 54.5. The van der Waals surface area contributed by atoms with E-state index < -0.39 is 142 Å². The minimum absolute atomic E-state index is 0.141. The van der Waals surface area contributed by atoms with Crippen molar-refractivity contribution in [1.29, 1.82) is 0 Å². The summed E-state index contributed by atoms with van der Waals surface area (Å²) in [6.07, 6.45) is 30.8. The maximum atomic E-state index is 14.4. The molecule has 1 rings (SSSR count). The first-order valence-electron chi connectivity index (χ1n) is 41.3. The number of rotatable bonds is 67. The maximum Gasteiger partial charge on any atom is 0.509 e. The van der Waals surface area contributed by atoms with Crippen LogP contribution >= 0.6 is 112 Å². The summed E-state index contributed by atoms with van der Waals surface area (Å²) in [5.41, 5.74) is -3.63. The number of phosphoric acid groups is 1. The van der Waals surface area contributed by atoms with Crippen LogP contribution in [-0.2, 0) is 70.8 Å². The average molecular weight is 1790 g/mol. The van der Waals surface area contributed by atoms with E-state index in [1.54, 1.807) is 0 Å². The molecule has 0 aromatic heterocycles. The Morgan fingerprint density at radius 2 is 0.883 bits per heavy atom. The predicted molar refractivity (Wildman–Crippen MR) is 441 cm³/mol. The molecule has 0 saturated carbocycles. The third-order valence-electron chi connectivity index (χ3n) is 19.2. The van der Waals surface area contributed by atoms with Crippen LogP contribution in [0, 0.1) is 0 Å². The molecule has 0 bridgehead atoms. The summed E-state index contributed by atoms with van der Waals surface area (Å²) in [7, 11) is -5.69. The van der Waals surface area contributed by atoms with E-state index in [4.69, 9.17) is 156 Å². The number of aliphatic hydroxyl groups excluding tert-OH is 1. The summed E-state index contributed by atoms with van der Waals surface area (Å²) in [4.78, 5) is 104. The number of amides is 2. The highest BCUT2D eigenvalue weighted by Gasteiger charge is 2.54. The Balaban J connectivity index is 3.54. The largest absolute Gasteiger partial charge is 0.509 e. The third kappa shape index (κ3) is 57.6. The molecule has 33 heteroatoms. The van der Waals surface area contributed by atoms with Gasteiger partial charge in [0.1, 0.15) is 44.2 Å². The first-order chi connectivity index (χ1) is 52.4. The van der Waals surface area contributed by atoms with Crippen molar-refractivity contribution in [1.82, 2.24) is 10.6 Å². The number of carbonyl (C=O) groups excluding carboxylic acids is 6. The smallest absolute Gasteiger partial charge is 0.462 e. The molecule has 1 saturated heterocycles. The van der Waals surface area contributed by atoms with E-state index in [2.05, 4.69) is 31.4 Å². The summed E-state index contributed by atoms with van der Waals surface area (Å²) in [6.45, 7) is 8.79. The number of alkyl halides is 9. The van der Waals surface area contributed by atoms with Crippen molar-refractivity contribution in [2.45, 2.75) is 422 Å². The van der Waals surface area contributed by atoms with Crippen molar-refractivity contribution in [2.75, 3.05) is 33.0 Å². The van der Waals surface area contributed by atoms with E-state index in [-0.39, 0.29) is 25.7 Å². The predicted octanol–water partition coefficient (Wildman–Crippen LogP) is 23.3. The molecule has 0 unspecified atom stereocenters. The van der Waals surface area contributed by atoms with Crippen LogP contribution in [-0.4, -0.2) is 156 Å². The van der Waals surface area contributed by atoms with Gasteiger partial charge in [0.15, 0.2) is 29.9 Å². The van der Waals surface area contributed by atoms with E-state index >= 15 is 0 Å². The van der Waals surface area contributed by atoms with E-state index in [0.29, 0.717) is 38.7 Å². The Morgan fingerprint density at radius 1 is 0.486 bits per heavy atom. The number of ether oxygens (including phenoxy) is 10. The van der Waals surface area contributed by atoms with E-state index in [1.807, 2.05) is 0 Å². The second kappa shape index (κ2) is 62.9. The molecule has 654 valence electrons. The molecule has 0 aliphatic carbocycles. The molecule has 8 atom stereocenters. The lowest BCUT2D eigenvalue weighted by molar-refractivity contribution is -0.272. The molecule has 1 aliphatic rings.